The molecule has 1 rings (SSSR count). The summed E-state index contributed by atoms with van der Waals surface area (Å²) in [5, 5.41) is -0.520. The second-order valence-corrected chi connectivity index (χ2v) is 4.19. The number of hydrogen-bond donors (Lipinski definition) is 1. The van der Waals surface area contributed by atoms with E-state index in [0.717, 1.165) is 0 Å². The minimum atomic E-state index is -0.520. The van der Waals surface area contributed by atoms with E-state index >= 15 is 0 Å². The molecule has 0 heterocycles. The van der Waals surface area contributed by atoms with Gasteiger partial charge in [-0.25, -0.2) is 0 Å². The minimum absolute atomic E-state index is 0.394. The molecule has 64 valence electrons. The highest BCUT2D eigenvalue weighted by molar-refractivity contribution is 9.11. The molecule has 0 fully saturated rings. The van der Waals surface area contributed by atoms with Gasteiger partial charge in [-0.05, 0) is 55.6 Å². The number of rotatable bonds is 1. The highest BCUT2D eigenvalue weighted by Crippen LogP contribution is 2.29. The van der Waals surface area contributed by atoms with E-state index in [1.165, 1.54) is 0 Å². The molecule has 0 atom stereocenters. The molecule has 0 saturated heterocycles. The van der Waals surface area contributed by atoms with E-state index in [9.17, 15) is 4.79 Å². The normalized spacial score (nSPS) is 9.92. The van der Waals surface area contributed by atoms with Gasteiger partial charge >= 0.3 is 0 Å². The fourth-order valence-corrected chi connectivity index (χ4v) is 2.79. The van der Waals surface area contributed by atoms with Crippen LogP contribution in [0.25, 0.3) is 0 Å². The number of nitrogens with two attached hydrogens (primary N) is 1. The summed E-state index contributed by atoms with van der Waals surface area (Å²) < 4.78 is 1.18. The number of carbonyl (C=O) groups is 1. The molecule has 0 aliphatic rings. The number of hydrogen-bond acceptors (Lipinski definition) is 2. The van der Waals surface area contributed by atoms with Gasteiger partial charge in [-0.1, -0.05) is 0 Å². The Morgan fingerprint density at radius 1 is 1.33 bits per heavy atom. The van der Waals surface area contributed by atoms with Crippen molar-refractivity contribution >= 4 is 54.4 Å². The third-order valence-electron chi connectivity index (χ3n) is 1.26. The average molecular weight is 313 g/mol. The first-order valence-electron chi connectivity index (χ1n) is 2.96. The first-order chi connectivity index (χ1) is 5.52. The van der Waals surface area contributed by atoms with Crippen molar-refractivity contribution in [2.45, 2.75) is 0 Å². The van der Waals surface area contributed by atoms with Gasteiger partial charge in [0, 0.05) is 14.6 Å². The van der Waals surface area contributed by atoms with Crippen LogP contribution in [-0.2, 0) is 0 Å². The molecule has 0 bridgehead atoms. The van der Waals surface area contributed by atoms with Crippen LogP contribution in [0.5, 0.6) is 0 Å². The van der Waals surface area contributed by atoms with Gasteiger partial charge in [-0.15, -0.1) is 0 Å². The highest BCUT2D eigenvalue weighted by Gasteiger charge is 2.11. The Morgan fingerprint density at radius 3 is 2.08 bits per heavy atom. The van der Waals surface area contributed by atoms with E-state index < -0.39 is 5.24 Å². The predicted molar refractivity (Wildman–Crippen MR) is 56.4 cm³/mol. The molecule has 2 nitrogen and oxygen atoms in total. The summed E-state index contributed by atoms with van der Waals surface area (Å²) >= 11 is 11.7. The molecule has 0 spiro atoms. The van der Waals surface area contributed by atoms with Crippen molar-refractivity contribution in [3.8, 4) is 0 Å². The van der Waals surface area contributed by atoms with E-state index in [1.54, 1.807) is 12.1 Å². The average Bonchev–Trinajstić information content (AvgIpc) is 1.82. The molecule has 0 saturated carbocycles. The Morgan fingerprint density at radius 2 is 1.75 bits per heavy atom. The monoisotopic (exact) mass is 311 g/mol. The van der Waals surface area contributed by atoms with Crippen molar-refractivity contribution in [2.75, 3.05) is 5.73 Å². The van der Waals surface area contributed by atoms with Crippen LogP contribution < -0.4 is 5.73 Å². The fraction of sp³-hybridized carbons (Fsp3) is 0. The lowest BCUT2D eigenvalue weighted by Gasteiger charge is -2.03. The molecule has 0 aliphatic carbocycles. The van der Waals surface area contributed by atoms with E-state index in [4.69, 9.17) is 17.3 Å². The molecular weight excluding hydrogens is 309 g/mol. The molecule has 12 heavy (non-hydrogen) atoms. The molecule has 1 aromatic rings. The smallest absolute Gasteiger partial charge is 0.254 e. The summed E-state index contributed by atoms with van der Waals surface area (Å²) in [6.07, 6.45) is 0. The van der Waals surface area contributed by atoms with Crippen molar-refractivity contribution in [1.29, 1.82) is 0 Å². The molecule has 1 aromatic carbocycles. The second-order valence-electron chi connectivity index (χ2n) is 2.13. The lowest BCUT2D eigenvalue weighted by Crippen LogP contribution is -1.95. The number of nitrogen functional groups attached to an aromatic ring is 1. The quantitative estimate of drug-likeness (QED) is 0.639. The highest BCUT2D eigenvalue weighted by atomic mass is 79.9. The Bertz CT molecular complexity index is 317. The molecule has 0 aliphatic heterocycles. The van der Waals surface area contributed by atoms with Crippen LogP contribution in [0.4, 0.5) is 5.69 Å². The zero-order valence-corrected chi connectivity index (χ0v) is 9.70. The number of carbonyl (C=O) groups excluding carboxylic acids is 1. The zero-order valence-electron chi connectivity index (χ0n) is 5.77. The van der Waals surface area contributed by atoms with Crippen LogP contribution in [0.3, 0.4) is 0 Å². The van der Waals surface area contributed by atoms with Crippen molar-refractivity contribution in [3.05, 3.63) is 26.6 Å². The first-order valence-corrected chi connectivity index (χ1v) is 4.93. The van der Waals surface area contributed by atoms with Gasteiger partial charge in [0.2, 0.25) is 0 Å². The number of anilines is 1. The van der Waals surface area contributed by atoms with E-state index in [2.05, 4.69) is 31.9 Å². The number of benzene rings is 1. The van der Waals surface area contributed by atoms with Gasteiger partial charge in [-0.3, -0.25) is 4.79 Å². The second kappa shape index (κ2) is 3.77. The van der Waals surface area contributed by atoms with E-state index in [0.29, 0.717) is 20.2 Å². The molecule has 0 amide bonds. The van der Waals surface area contributed by atoms with Crippen LogP contribution in [0, 0.1) is 0 Å². The van der Waals surface area contributed by atoms with Gasteiger partial charge < -0.3 is 5.73 Å². The van der Waals surface area contributed by atoms with Gasteiger partial charge in [0.1, 0.15) is 0 Å². The summed E-state index contributed by atoms with van der Waals surface area (Å²) in [7, 11) is 0. The maximum Gasteiger partial charge on any atom is 0.254 e. The summed E-state index contributed by atoms with van der Waals surface area (Å²) in [6.45, 7) is 0. The maximum atomic E-state index is 10.9. The van der Waals surface area contributed by atoms with Gasteiger partial charge in [0.15, 0.2) is 0 Å². The summed E-state index contributed by atoms with van der Waals surface area (Å²) in [5.41, 5.74) is 6.47. The molecule has 0 radical (unpaired) electrons. The van der Waals surface area contributed by atoms with Crippen LogP contribution in [0.2, 0.25) is 0 Å². The van der Waals surface area contributed by atoms with Crippen molar-refractivity contribution in [3.63, 3.8) is 0 Å². The topological polar surface area (TPSA) is 43.1 Å². The van der Waals surface area contributed by atoms with Crippen LogP contribution in [0.1, 0.15) is 10.4 Å². The lowest BCUT2D eigenvalue weighted by molar-refractivity contribution is 0.108. The van der Waals surface area contributed by atoms with Crippen molar-refractivity contribution < 1.29 is 4.79 Å². The third kappa shape index (κ3) is 2.00. The summed E-state index contributed by atoms with van der Waals surface area (Å²) in [4.78, 5) is 10.9. The summed E-state index contributed by atoms with van der Waals surface area (Å²) in [6, 6.07) is 3.25. The zero-order chi connectivity index (χ0) is 9.30. The van der Waals surface area contributed by atoms with Gasteiger partial charge in [-0.2, -0.15) is 0 Å². The molecule has 5 heteroatoms. The Labute approximate surface area is 91.3 Å². The fourth-order valence-electron chi connectivity index (χ4n) is 0.781. The summed E-state index contributed by atoms with van der Waals surface area (Å²) in [5.74, 6) is 0. The Hall–Kier alpha value is -0.0600. The van der Waals surface area contributed by atoms with Gasteiger partial charge in [0.05, 0.1) is 5.56 Å². The van der Waals surface area contributed by atoms with Crippen molar-refractivity contribution in [2.24, 2.45) is 0 Å². The molecule has 2 N–H and O–H groups in total. The lowest BCUT2D eigenvalue weighted by atomic mass is 10.2. The maximum absolute atomic E-state index is 10.9. The third-order valence-corrected chi connectivity index (χ3v) is 2.70. The van der Waals surface area contributed by atoms with Crippen LogP contribution >= 0.6 is 43.5 Å². The van der Waals surface area contributed by atoms with Crippen LogP contribution in [-0.4, -0.2) is 5.24 Å². The van der Waals surface area contributed by atoms with Crippen molar-refractivity contribution in [1.82, 2.24) is 0 Å². The molecular formula is C7H4Br2ClNO. The Kier molecular flexibility index (Phi) is 3.15. The van der Waals surface area contributed by atoms with Crippen LogP contribution in [0.15, 0.2) is 21.1 Å². The first kappa shape index (κ1) is 10.0. The molecule has 0 aromatic heterocycles. The largest absolute Gasteiger partial charge is 0.399 e. The number of halogens is 3. The van der Waals surface area contributed by atoms with E-state index in [-0.39, 0.29) is 0 Å². The predicted octanol–water partition coefficient (Wildman–Crippen LogP) is 3.17. The van der Waals surface area contributed by atoms with E-state index in [1.807, 2.05) is 0 Å². The minimum Gasteiger partial charge on any atom is -0.399 e. The molecule has 0 unspecified atom stereocenters. The standard InChI is InChI=1S/C7H4Br2ClNO/c8-4-1-3(11)2-5(9)6(4)7(10)12/h1-2H,11H2. The van der Waals surface area contributed by atoms with Gasteiger partial charge in [0.25, 0.3) is 5.24 Å². The Balaban J connectivity index is 3.38. The SMILES string of the molecule is Nc1cc(Br)c(C(=O)Cl)c(Br)c1.